The number of phenols is 1. The fourth-order valence-electron chi connectivity index (χ4n) is 3.83. The quantitative estimate of drug-likeness (QED) is 0.608. The Morgan fingerprint density at radius 3 is 2.26 bits per heavy atom. The third kappa shape index (κ3) is 2.39. The Balaban J connectivity index is 2.31. The molecule has 8 heteroatoms. The number of phenolic OH excluding ortho intramolecular Hbond substituents is 1. The Morgan fingerprint density at radius 2 is 1.78 bits per heavy atom. The molecule has 27 heavy (non-hydrogen) atoms. The lowest BCUT2D eigenvalue weighted by Gasteiger charge is -2.42. The van der Waals surface area contributed by atoms with Gasteiger partial charge in [0.1, 0.15) is 0 Å². The third-order valence-electron chi connectivity index (χ3n) is 5.26. The number of benzene rings is 1. The summed E-state index contributed by atoms with van der Waals surface area (Å²) in [6, 6.07) is 3.09. The van der Waals surface area contributed by atoms with Crippen LogP contribution in [0.25, 0.3) is 0 Å². The monoisotopic (exact) mass is 411 g/mol. The number of allylic oxidation sites excluding steroid dienone is 3. The van der Waals surface area contributed by atoms with Crippen LogP contribution in [0.1, 0.15) is 17.9 Å². The van der Waals surface area contributed by atoms with Crippen LogP contribution in [-0.4, -0.2) is 52.8 Å². The van der Waals surface area contributed by atoms with E-state index in [0.717, 1.165) is 4.90 Å². The highest BCUT2D eigenvalue weighted by Gasteiger charge is 2.72. The highest BCUT2D eigenvalue weighted by molar-refractivity contribution is 6.53. The number of ether oxygens (including phenoxy) is 2. The maximum atomic E-state index is 13.0. The average molecular weight is 412 g/mol. The van der Waals surface area contributed by atoms with Crippen LogP contribution in [0.4, 0.5) is 0 Å². The molecule has 0 aromatic heterocycles. The summed E-state index contributed by atoms with van der Waals surface area (Å²) in [6.45, 7) is 3.80. The number of imide groups is 1. The lowest BCUT2D eigenvalue weighted by Crippen LogP contribution is -2.54. The highest BCUT2D eigenvalue weighted by Crippen LogP contribution is 2.59. The number of nitrogens with zero attached hydrogens (tertiary/aromatic N) is 1. The Labute approximate surface area is 166 Å². The largest absolute Gasteiger partial charge is 0.502 e. The van der Waals surface area contributed by atoms with Crippen molar-refractivity contribution in [2.24, 2.45) is 0 Å². The molecule has 1 N–H and O–H groups in total. The first-order valence-electron chi connectivity index (χ1n) is 8.15. The number of fused-ring (bicyclic) bond motifs is 1. The topological polar surface area (TPSA) is 76.1 Å². The fourth-order valence-corrected chi connectivity index (χ4v) is 4.76. The Morgan fingerprint density at radius 1 is 1.22 bits per heavy atom. The minimum Gasteiger partial charge on any atom is -0.502 e. The molecule has 6 nitrogen and oxygen atoms in total. The first-order chi connectivity index (χ1) is 12.7. The van der Waals surface area contributed by atoms with Gasteiger partial charge in [-0.3, -0.25) is 14.5 Å². The van der Waals surface area contributed by atoms with E-state index in [2.05, 4.69) is 6.58 Å². The number of hydrogen-bond acceptors (Lipinski definition) is 5. The molecule has 1 aromatic carbocycles. The molecule has 1 fully saturated rings. The number of hydrogen-bond donors (Lipinski definition) is 1. The van der Waals surface area contributed by atoms with Crippen molar-refractivity contribution in [3.05, 3.63) is 42.0 Å². The Bertz CT molecular complexity index is 858. The minimum absolute atomic E-state index is 0.0944. The summed E-state index contributed by atoms with van der Waals surface area (Å²) in [5, 5.41) is 10.2. The maximum Gasteiger partial charge on any atom is 0.253 e. The number of alkyl halides is 2. The first-order valence-corrected chi connectivity index (χ1v) is 8.90. The van der Waals surface area contributed by atoms with Crippen LogP contribution in [0.5, 0.6) is 17.2 Å². The molecule has 3 atom stereocenters. The van der Waals surface area contributed by atoms with Crippen molar-refractivity contribution in [3.8, 4) is 17.2 Å². The van der Waals surface area contributed by atoms with E-state index in [9.17, 15) is 14.7 Å². The van der Waals surface area contributed by atoms with Crippen LogP contribution in [0.2, 0.25) is 0 Å². The van der Waals surface area contributed by atoms with E-state index in [1.165, 1.54) is 21.3 Å². The summed E-state index contributed by atoms with van der Waals surface area (Å²) >= 11 is 13.5. The smallest absolute Gasteiger partial charge is 0.253 e. The number of methoxy groups -OCH3 is 2. The van der Waals surface area contributed by atoms with Gasteiger partial charge >= 0.3 is 0 Å². The van der Waals surface area contributed by atoms with E-state index in [1.807, 2.05) is 0 Å². The van der Waals surface area contributed by atoms with Crippen molar-refractivity contribution in [1.82, 2.24) is 4.90 Å². The molecule has 3 rings (SSSR count). The molecule has 1 saturated heterocycles. The molecule has 2 amide bonds. The average Bonchev–Trinajstić information content (AvgIpc) is 2.80. The second-order valence-corrected chi connectivity index (χ2v) is 7.74. The Hall–Kier alpha value is -2.18. The third-order valence-corrected chi connectivity index (χ3v) is 6.67. The van der Waals surface area contributed by atoms with Crippen molar-refractivity contribution in [1.29, 1.82) is 0 Å². The first kappa shape index (κ1) is 19.6. The predicted molar refractivity (Wildman–Crippen MR) is 102 cm³/mol. The normalized spacial score (nSPS) is 30.0. The van der Waals surface area contributed by atoms with Gasteiger partial charge in [0.15, 0.2) is 21.2 Å². The number of aromatic hydroxyl groups is 1. The standard InChI is InChI=1S/C19H19Cl2NO5/c1-5-10-6-7-18(20)16(24)22(2)17(25)19(18,21)14(10)11-8-12(26-3)15(23)13(9-11)27-4/h5-6,8-9,14,23H,1,7H2,2-4H3/t14-,18-,19+/m1/s1. The maximum absolute atomic E-state index is 13.0. The summed E-state index contributed by atoms with van der Waals surface area (Å²) < 4.78 is 10.4. The second-order valence-electron chi connectivity index (χ2n) is 6.50. The van der Waals surface area contributed by atoms with Gasteiger partial charge in [-0.2, -0.15) is 0 Å². The van der Waals surface area contributed by atoms with Gasteiger partial charge in [-0.15, -0.1) is 23.2 Å². The molecule has 0 unspecified atom stereocenters. The molecule has 1 aliphatic heterocycles. The van der Waals surface area contributed by atoms with Crippen LogP contribution in [0.3, 0.4) is 0 Å². The minimum atomic E-state index is -1.76. The molecule has 0 spiro atoms. The van der Waals surface area contributed by atoms with Crippen molar-refractivity contribution >= 4 is 35.0 Å². The lowest BCUT2D eigenvalue weighted by molar-refractivity contribution is -0.137. The van der Waals surface area contributed by atoms with Gasteiger partial charge in [0, 0.05) is 13.0 Å². The van der Waals surface area contributed by atoms with E-state index in [1.54, 1.807) is 24.3 Å². The van der Waals surface area contributed by atoms with Crippen LogP contribution in [0.15, 0.2) is 36.4 Å². The zero-order valence-electron chi connectivity index (χ0n) is 15.1. The molecule has 2 aliphatic rings. The lowest BCUT2D eigenvalue weighted by atomic mass is 9.68. The molecular weight excluding hydrogens is 393 g/mol. The van der Waals surface area contributed by atoms with Crippen LogP contribution in [-0.2, 0) is 9.59 Å². The molecular formula is C19H19Cl2NO5. The van der Waals surface area contributed by atoms with E-state index in [0.29, 0.717) is 11.1 Å². The molecule has 1 aliphatic carbocycles. The number of halogens is 2. The SMILES string of the molecule is C=CC1=CC[C@@]2(Cl)C(=O)N(C)C(=O)[C@@]2(Cl)[C@H]1c1cc(OC)c(O)c(OC)c1. The molecule has 0 radical (unpaired) electrons. The second kappa shape index (κ2) is 6.46. The number of amides is 2. The van der Waals surface area contributed by atoms with Crippen molar-refractivity contribution in [2.75, 3.05) is 21.3 Å². The van der Waals surface area contributed by atoms with E-state index in [-0.39, 0.29) is 23.7 Å². The van der Waals surface area contributed by atoms with Gasteiger partial charge < -0.3 is 14.6 Å². The number of carbonyl (C=O) groups excluding carboxylic acids is 2. The summed E-state index contributed by atoms with van der Waals surface area (Å²) in [4.78, 5) is 23.3. The molecule has 1 heterocycles. The molecule has 144 valence electrons. The zero-order chi connectivity index (χ0) is 20.1. The van der Waals surface area contributed by atoms with Gasteiger partial charge in [0.25, 0.3) is 11.8 Å². The van der Waals surface area contributed by atoms with Gasteiger partial charge in [0.05, 0.1) is 14.2 Å². The zero-order valence-corrected chi connectivity index (χ0v) is 16.6. The summed E-state index contributed by atoms with van der Waals surface area (Å²) in [6.07, 6.45) is 3.42. The summed E-state index contributed by atoms with van der Waals surface area (Å²) in [5.74, 6) is -1.84. The molecule has 0 bridgehead atoms. The summed E-state index contributed by atoms with van der Waals surface area (Å²) in [5.41, 5.74) is 1.15. The van der Waals surface area contributed by atoms with Gasteiger partial charge in [0.2, 0.25) is 5.75 Å². The fraction of sp³-hybridized carbons (Fsp3) is 0.368. The van der Waals surface area contributed by atoms with Crippen molar-refractivity contribution in [3.63, 3.8) is 0 Å². The van der Waals surface area contributed by atoms with Crippen LogP contribution < -0.4 is 9.47 Å². The van der Waals surface area contributed by atoms with Gasteiger partial charge in [-0.25, -0.2) is 0 Å². The van der Waals surface area contributed by atoms with Crippen molar-refractivity contribution < 1.29 is 24.2 Å². The predicted octanol–water partition coefficient (Wildman–Crippen LogP) is 2.96. The van der Waals surface area contributed by atoms with Gasteiger partial charge in [-0.1, -0.05) is 18.7 Å². The van der Waals surface area contributed by atoms with Gasteiger partial charge in [-0.05, 0) is 29.7 Å². The van der Waals surface area contributed by atoms with E-state index < -0.39 is 27.5 Å². The Kier molecular flexibility index (Phi) is 4.68. The molecule has 1 aromatic rings. The number of likely N-dealkylation sites (tertiary alicyclic amines) is 1. The van der Waals surface area contributed by atoms with Crippen LogP contribution >= 0.6 is 23.2 Å². The number of rotatable bonds is 4. The highest BCUT2D eigenvalue weighted by atomic mass is 35.5. The molecule has 0 saturated carbocycles. The van der Waals surface area contributed by atoms with Crippen molar-refractivity contribution in [2.45, 2.75) is 22.1 Å². The number of carbonyl (C=O) groups is 2. The van der Waals surface area contributed by atoms with E-state index >= 15 is 0 Å². The van der Waals surface area contributed by atoms with Crippen LogP contribution in [0, 0.1) is 0 Å². The summed E-state index contributed by atoms with van der Waals surface area (Å²) in [7, 11) is 4.15. The van der Waals surface area contributed by atoms with E-state index in [4.69, 9.17) is 32.7 Å².